The van der Waals surface area contributed by atoms with Crippen LogP contribution in [0.5, 0.6) is 0 Å². The third-order valence-electron chi connectivity index (χ3n) is 4.09. The molecule has 2 unspecified atom stereocenters. The standard InChI is InChI=1S/C15H16N2O3/c1-16-11-7-8-12(18)13(15(16)20)17(14(11)19)9-10-5-3-2-4-6-10/h2-6,11,13H,7-9H2,1H3. The van der Waals surface area contributed by atoms with Gasteiger partial charge in [0.25, 0.3) is 5.91 Å². The summed E-state index contributed by atoms with van der Waals surface area (Å²) in [5.41, 5.74) is 0.927. The first-order valence-electron chi connectivity index (χ1n) is 6.73. The number of nitrogens with zero attached hydrogens (tertiary/aromatic N) is 2. The van der Waals surface area contributed by atoms with Crippen LogP contribution in [-0.4, -0.2) is 46.5 Å². The van der Waals surface area contributed by atoms with Crippen LogP contribution < -0.4 is 0 Å². The molecule has 5 heteroatoms. The molecular weight excluding hydrogens is 256 g/mol. The summed E-state index contributed by atoms with van der Waals surface area (Å²) in [6.45, 7) is 0.312. The van der Waals surface area contributed by atoms with Gasteiger partial charge in [-0.05, 0) is 12.0 Å². The maximum atomic E-state index is 12.5. The molecule has 0 radical (unpaired) electrons. The molecule has 0 aromatic heterocycles. The van der Waals surface area contributed by atoms with E-state index in [1.165, 1.54) is 9.80 Å². The SMILES string of the molecule is CN1C(=O)C2C(=O)CCC1C(=O)N2Cc1ccccc1. The van der Waals surface area contributed by atoms with Gasteiger partial charge in [-0.1, -0.05) is 30.3 Å². The van der Waals surface area contributed by atoms with E-state index in [0.29, 0.717) is 19.4 Å². The number of benzene rings is 1. The van der Waals surface area contributed by atoms with Crippen molar-refractivity contribution < 1.29 is 14.4 Å². The first-order valence-corrected chi connectivity index (χ1v) is 6.73. The summed E-state index contributed by atoms with van der Waals surface area (Å²) in [4.78, 5) is 39.8. The third kappa shape index (κ3) is 1.90. The number of likely N-dealkylation sites (N-methyl/N-ethyl adjacent to an activating group) is 1. The zero-order chi connectivity index (χ0) is 14.3. The maximum absolute atomic E-state index is 12.5. The third-order valence-corrected chi connectivity index (χ3v) is 4.09. The van der Waals surface area contributed by atoms with Gasteiger partial charge in [-0.15, -0.1) is 0 Å². The van der Waals surface area contributed by atoms with Crippen LogP contribution in [0.3, 0.4) is 0 Å². The fourth-order valence-corrected chi connectivity index (χ4v) is 2.96. The summed E-state index contributed by atoms with van der Waals surface area (Å²) in [5, 5.41) is 0. The molecule has 104 valence electrons. The highest BCUT2D eigenvalue weighted by molar-refractivity contribution is 6.12. The van der Waals surface area contributed by atoms with Gasteiger partial charge in [0.1, 0.15) is 6.04 Å². The Bertz CT molecular complexity index is 570. The Balaban J connectivity index is 1.96. The van der Waals surface area contributed by atoms with E-state index in [0.717, 1.165) is 5.56 Å². The lowest BCUT2D eigenvalue weighted by atomic mass is 10.1. The van der Waals surface area contributed by atoms with Crippen molar-refractivity contribution in [1.82, 2.24) is 9.80 Å². The topological polar surface area (TPSA) is 57.7 Å². The van der Waals surface area contributed by atoms with Gasteiger partial charge in [0, 0.05) is 20.0 Å². The zero-order valence-corrected chi connectivity index (χ0v) is 11.3. The highest BCUT2D eigenvalue weighted by Gasteiger charge is 2.50. The number of piperazine rings is 1. The van der Waals surface area contributed by atoms with E-state index in [2.05, 4.69) is 0 Å². The molecule has 2 atom stereocenters. The van der Waals surface area contributed by atoms with E-state index in [1.54, 1.807) is 7.05 Å². The minimum atomic E-state index is -0.938. The van der Waals surface area contributed by atoms with Crippen molar-refractivity contribution in [3.05, 3.63) is 35.9 Å². The van der Waals surface area contributed by atoms with Gasteiger partial charge in [-0.2, -0.15) is 0 Å². The number of fused-ring (bicyclic) bond motifs is 4. The van der Waals surface area contributed by atoms with Crippen LogP contribution in [0.15, 0.2) is 30.3 Å². The van der Waals surface area contributed by atoms with Crippen LogP contribution >= 0.6 is 0 Å². The van der Waals surface area contributed by atoms with Gasteiger partial charge in [-0.25, -0.2) is 0 Å². The molecule has 2 amide bonds. The second-order valence-corrected chi connectivity index (χ2v) is 5.32. The van der Waals surface area contributed by atoms with Crippen LogP contribution in [-0.2, 0) is 20.9 Å². The minimum Gasteiger partial charge on any atom is -0.332 e. The van der Waals surface area contributed by atoms with Crippen LogP contribution in [0.4, 0.5) is 0 Å². The summed E-state index contributed by atoms with van der Waals surface area (Å²) in [5.74, 6) is -0.522. The number of rotatable bonds is 2. The Hall–Kier alpha value is -2.17. The van der Waals surface area contributed by atoms with Crippen molar-refractivity contribution >= 4 is 17.6 Å². The lowest BCUT2D eigenvalue weighted by Crippen LogP contribution is -2.63. The molecule has 0 spiro atoms. The molecule has 3 aliphatic rings. The number of hydrogen-bond acceptors (Lipinski definition) is 3. The van der Waals surface area contributed by atoms with Gasteiger partial charge in [0.15, 0.2) is 11.8 Å². The molecule has 2 bridgehead atoms. The number of carbonyl (C=O) groups is 3. The summed E-state index contributed by atoms with van der Waals surface area (Å²) < 4.78 is 0. The summed E-state index contributed by atoms with van der Waals surface area (Å²) >= 11 is 0. The highest BCUT2D eigenvalue weighted by Crippen LogP contribution is 2.27. The van der Waals surface area contributed by atoms with Gasteiger partial charge in [0.2, 0.25) is 5.91 Å². The fourth-order valence-electron chi connectivity index (χ4n) is 2.96. The van der Waals surface area contributed by atoms with Gasteiger partial charge >= 0.3 is 0 Å². The minimum absolute atomic E-state index is 0.119. The summed E-state index contributed by atoms with van der Waals surface area (Å²) in [6.07, 6.45) is 0.726. The second-order valence-electron chi connectivity index (χ2n) is 5.32. The predicted octanol–water partition coefficient (Wildman–Crippen LogP) is 0.587. The maximum Gasteiger partial charge on any atom is 0.253 e. The monoisotopic (exact) mass is 272 g/mol. The largest absolute Gasteiger partial charge is 0.332 e. The number of Topliss-reactive ketones (excluding diaryl/α,β-unsaturated/α-hetero) is 1. The fraction of sp³-hybridized carbons (Fsp3) is 0.400. The molecule has 3 saturated heterocycles. The lowest BCUT2D eigenvalue weighted by Gasteiger charge is -2.40. The normalized spacial score (nSPS) is 26.1. The van der Waals surface area contributed by atoms with Gasteiger partial charge < -0.3 is 9.80 Å². The van der Waals surface area contributed by atoms with Crippen molar-refractivity contribution in [2.24, 2.45) is 0 Å². The average molecular weight is 272 g/mol. The molecule has 3 fully saturated rings. The van der Waals surface area contributed by atoms with Crippen molar-refractivity contribution in [2.75, 3.05) is 7.05 Å². The van der Waals surface area contributed by atoms with E-state index in [4.69, 9.17) is 0 Å². The van der Waals surface area contributed by atoms with Crippen LogP contribution in [0, 0.1) is 0 Å². The Morgan fingerprint density at radius 1 is 1.10 bits per heavy atom. The Morgan fingerprint density at radius 2 is 1.80 bits per heavy atom. The molecule has 3 heterocycles. The van der Waals surface area contributed by atoms with Crippen molar-refractivity contribution in [2.45, 2.75) is 31.5 Å². The Labute approximate surface area is 117 Å². The molecular formula is C15H16N2O3. The molecule has 3 aliphatic heterocycles. The number of ketones is 1. The van der Waals surface area contributed by atoms with E-state index < -0.39 is 12.1 Å². The lowest BCUT2D eigenvalue weighted by molar-refractivity contribution is -0.161. The predicted molar refractivity (Wildman–Crippen MR) is 71.6 cm³/mol. The first-order chi connectivity index (χ1) is 9.59. The number of carbonyl (C=O) groups excluding carboxylic acids is 3. The quantitative estimate of drug-likeness (QED) is 0.740. The first kappa shape index (κ1) is 12.8. The molecule has 0 N–H and O–H groups in total. The summed E-state index contributed by atoms with van der Waals surface area (Å²) in [7, 11) is 1.61. The van der Waals surface area contributed by atoms with Crippen molar-refractivity contribution in [3.63, 3.8) is 0 Å². The molecule has 20 heavy (non-hydrogen) atoms. The second kappa shape index (κ2) is 4.74. The average Bonchev–Trinajstić information content (AvgIpc) is 2.63. The Kier molecular flexibility index (Phi) is 3.04. The van der Waals surface area contributed by atoms with Gasteiger partial charge in [0.05, 0.1) is 0 Å². The van der Waals surface area contributed by atoms with E-state index in [-0.39, 0.29) is 17.6 Å². The van der Waals surface area contributed by atoms with E-state index in [9.17, 15) is 14.4 Å². The molecule has 0 saturated carbocycles. The molecule has 4 rings (SSSR count). The van der Waals surface area contributed by atoms with Crippen LogP contribution in [0.25, 0.3) is 0 Å². The molecule has 0 aliphatic carbocycles. The zero-order valence-electron chi connectivity index (χ0n) is 11.3. The van der Waals surface area contributed by atoms with Crippen molar-refractivity contribution in [1.29, 1.82) is 0 Å². The Morgan fingerprint density at radius 3 is 2.50 bits per heavy atom. The van der Waals surface area contributed by atoms with Crippen LogP contribution in [0.1, 0.15) is 18.4 Å². The molecule has 1 aromatic rings. The van der Waals surface area contributed by atoms with E-state index >= 15 is 0 Å². The smallest absolute Gasteiger partial charge is 0.253 e. The van der Waals surface area contributed by atoms with Crippen LogP contribution in [0.2, 0.25) is 0 Å². The number of amides is 2. The highest BCUT2D eigenvalue weighted by atomic mass is 16.2. The van der Waals surface area contributed by atoms with E-state index in [1.807, 2.05) is 30.3 Å². The number of hydrogen-bond donors (Lipinski definition) is 0. The molecule has 1 aromatic carbocycles. The summed E-state index contributed by atoms with van der Waals surface area (Å²) in [6, 6.07) is 8.01. The molecule has 5 nitrogen and oxygen atoms in total. The van der Waals surface area contributed by atoms with Crippen molar-refractivity contribution in [3.8, 4) is 0 Å². The van der Waals surface area contributed by atoms with Gasteiger partial charge in [-0.3, -0.25) is 14.4 Å².